The Kier molecular flexibility index (Phi) is 6.63. The number of para-hydroxylation sites is 1. The molecule has 1 aliphatic heterocycles. The highest BCUT2D eigenvalue weighted by molar-refractivity contribution is 5.96. The van der Waals surface area contributed by atoms with Crippen molar-refractivity contribution >= 4 is 16.8 Å². The first-order valence-corrected chi connectivity index (χ1v) is 12.2. The number of nitrogens with one attached hydrogen (secondary N) is 1. The van der Waals surface area contributed by atoms with Crippen LogP contribution >= 0.6 is 0 Å². The minimum Gasteiger partial charge on any atom is -0.348 e. The number of hydrogen-bond acceptors (Lipinski definition) is 4. The van der Waals surface area contributed by atoms with Crippen LogP contribution in [-0.2, 0) is 6.54 Å². The third-order valence-electron chi connectivity index (χ3n) is 7.21. The molecule has 1 saturated carbocycles. The van der Waals surface area contributed by atoms with Crippen LogP contribution in [0.2, 0.25) is 0 Å². The molecule has 5 rings (SSSR count). The van der Waals surface area contributed by atoms with Gasteiger partial charge in [0.15, 0.2) is 0 Å². The maximum Gasteiger partial charge on any atom is 0.270 e. The summed E-state index contributed by atoms with van der Waals surface area (Å²) in [6.45, 7) is 2.63. The van der Waals surface area contributed by atoms with Crippen LogP contribution in [0.25, 0.3) is 10.9 Å². The number of amides is 1. The van der Waals surface area contributed by atoms with Crippen molar-refractivity contribution < 1.29 is 9.18 Å². The van der Waals surface area contributed by atoms with E-state index in [0.717, 1.165) is 62.6 Å². The summed E-state index contributed by atoms with van der Waals surface area (Å²) in [5.41, 5.74) is 2.92. The first kappa shape index (κ1) is 22.0. The van der Waals surface area contributed by atoms with Gasteiger partial charge in [0.25, 0.3) is 5.91 Å². The molecule has 1 saturated heterocycles. The predicted molar refractivity (Wildman–Crippen MR) is 128 cm³/mol. The molecule has 1 aromatic carbocycles. The Bertz CT molecular complexity index is 1110. The zero-order valence-corrected chi connectivity index (χ0v) is 19.0. The molecule has 2 aliphatic rings. The van der Waals surface area contributed by atoms with Gasteiger partial charge in [0.05, 0.1) is 0 Å². The van der Waals surface area contributed by atoms with E-state index in [1.54, 1.807) is 6.07 Å². The number of benzene rings is 1. The number of hydrogen-bond donors (Lipinski definition) is 1. The summed E-state index contributed by atoms with van der Waals surface area (Å²) >= 11 is 0. The quantitative estimate of drug-likeness (QED) is 0.584. The van der Waals surface area contributed by atoms with E-state index in [-0.39, 0.29) is 23.3 Å². The Morgan fingerprint density at radius 2 is 1.79 bits per heavy atom. The van der Waals surface area contributed by atoms with Gasteiger partial charge in [-0.2, -0.15) is 0 Å². The fourth-order valence-corrected chi connectivity index (χ4v) is 5.34. The lowest BCUT2D eigenvalue weighted by atomic mass is 9.90. The summed E-state index contributed by atoms with van der Waals surface area (Å²) in [5.74, 6) is -0.0186. The van der Waals surface area contributed by atoms with E-state index in [0.29, 0.717) is 18.2 Å². The van der Waals surface area contributed by atoms with Crippen LogP contribution in [-0.4, -0.2) is 39.9 Å². The summed E-state index contributed by atoms with van der Waals surface area (Å²) in [6, 6.07) is 11.3. The fourth-order valence-electron chi connectivity index (χ4n) is 5.34. The smallest absolute Gasteiger partial charge is 0.270 e. The lowest BCUT2D eigenvalue weighted by Gasteiger charge is -2.32. The van der Waals surface area contributed by atoms with Crippen molar-refractivity contribution in [3.05, 3.63) is 71.4 Å². The molecular weight excluding hydrogens is 415 g/mol. The highest BCUT2D eigenvalue weighted by Crippen LogP contribution is 2.30. The Morgan fingerprint density at radius 1 is 1.03 bits per heavy atom. The third kappa shape index (κ3) is 5.06. The van der Waals surface area contributed by atoms with E-state index >= 15 is 0 Å². The largest absolute Gasteiger partial charge is 0.348 e. The number of pyridine rings is 2. The molecule has 33 heavy (non-hydrogen) atoms. The molecule has 0 bridgehead atoms. The van der Waals surface area contributed by atoms with Crippen LogP contribution in [0.1, 0.15) is 72.5 Å². The molecule has 3 aromatic rings. The van der Waals surface area contributed by atoms with E-state index in [2.05, 4.69) is 32.3 Å². The molecule has 5 nitrogen and oxygen atoms in total. The summed E-state index contributed by atoms with van der Waals surface area (Å²) in [4.78, 5) is 24.0. The highest BCUT2D eigenvalue weighted by Gasteiger charge is 2.23. The van der Waals surface area contributed by atoms with Crippen molar-refractivity contribution in [2.45, 2.75) is 63.5 Å². The molecule has 1 aliphatic carbocycles. The van der Waals surface area contributed by atoms with Gasteiger partial charge in [-0.1, -0.05) is 31.4 Å². The molecule has 0 unspecified atom stereocenters. The fraction of sp³-hybridized carbons (Fsp3) is 0.444. The van der Waals surface area contributed by atoms with Gasteiger partial charge in [0.2, 0.25) is 0 Å². The molecule has 0 radical (unpaired) electrons. The molecule has 3 heterocycles. The minimum atomic E-state index is -0.377. The molecule has 2 fully saturated rings. The Labute approximate surface area is 194 Å². The van der Waals surface area contributed by atoms with Gasteiger partial charge in [-0.25, -0.2) is 9.37 Å². The summed E-state index contributed by atoms with van der Waals surface area (Å²) in [7, 11) is 0. The number of carbonyl (C=O) groups excluding carboxylic acids is 1. The van der Waals surface area contributed by atoms with Crippen molar-refractivity contribution in [1.29, 1.82) is 0 Å². The molecule has 172 valence electrons. The average Bonchev–Trinajstić information content (AvgIpc) is 2.86. The van der Waals surface area contributed by atoms with Gasteiger partial charge in [-0.05, 0) is 80.1 Å². The van der Waals surface area contributed by atoms with Gasteiger partial charge < -0.3 is 5.32 Å². The molecule has 1 amide bonds. The van der Waals surface area contributed by atoms with Gasteiger partial charge in [0.1, 0.15) is 17.0 Å². The minimum absolute atomic E-state index is 0.190. The predicted octanol–water partition coefficient (Wildman–Crippen LogP) is 5.21. The van der Waals surface area contributed by atoms with Crippen LogP contribution in [0.3, 0.4) is 0 Å². The Balaban J connectivity index is 1.34. The topological polar surface area (TPSA) is 58.1 Å². The van der Waals surface area contributed by atoms with E-state index in [1.807, 2.05) is 24.5 Å². The molecule has 6 heteroatoms. The number of halogens is 1. The molecule has 0 spiro atoms. The van der Waals surface area contributed by atoms with Crippen molar-refractivity contribution in [3.63, 3.8) is 0 Å². The van der Waals surface area contributed by atoms with Crippen molar-refractivity contribution in [2.75, 3.05) is 13.1 Å². The third-order valence-corrected chi connectivity index (χ3v) is 7.21. The number of rotatable bonds is 5. The number of likely N-dealkylation sites (tertiary alicyclic amines) is 1. The van der Waals surface area contributed by atoms with Gasteiger partial charge >= 0.3 is 0 Å². The second kappa shape index (κ2) is 9.96. The lowest BCUT2D eigenvalue weighted by Crippen LogP contribution is -2.37. The number of carbonyl (C=O) groups is 1. The second-order valence-electron chi connectivity index (χ2n) is 9.44. The van der Waals surface area contributed by atoms with Gasteiger partial charge in [-0.3, -0.25) is 14.7 Å². The van der Waals surface area contributed by atoms with Crippen molar-refractivity contribution in [2.24, 2.45) is 0 Å². The van der Waals surface area contributed by atoms with Gasteiger partial charge in [0, 0.05) is 30.4 Å². The van der Waals surface area contributed by atoms with Crippen LogP contribution in [0.15, 0.2) is 48.8 Å². The number of fused-ring (bicyclic) bond motifs is 1. The standard InChI is InChI=1S/C27H31FN4O/c28-24-8-4-7-23-21(18-32-15-11-20(12-16-32)19-9-13-29-14-10-19)17-25(31-26(23)24)27(33)30-22-5-2-1-3-6-22/h4,7-10,13-14,17,20,22H,1-3,5-6,11-12,15-16,18H2,(H,30,33). The number of piperidine rings is 1. The number of nitrogens with zero attached hydrogens (tertiary/aromatic N) is 3. The maximum absolute atomic E-state index is 14.7. The van der Waals surface area contributed by atoms with Crippen molar-refractivity contribution in [3.8, 4) is 0 Å². The zero-order chi connectivity index (χ0) is 22.6. The Hall–Kier alpha value is -2.86. The number of aromatic nitrogens is 2. The van der Waals surface area contributed by atoms with E-state index in [4.69, 9.17) is 0 Å². The molecular formula is C27H31FN4O. The second-order valence-corrected chi connectivity index (χ2v) is 9.44. The molecule has 1 N–H and O–H groups in total. The highest BCUT2D eigenvalue weighted by atomic mass is 19.1. The van der Waals surface area contributed by atoms with Crippen LogP contribution in [0.4, 0.5) is 4.39 Å². The Morgan fingerprint density at radius 3 is 2.55 bits per heavy atom. The van der Waals surface area contributed by atoms with Crippen LogP contribution < -0.4 is 5.32 Å². The van der Waals surface area contributed by atoms with Crippen molar-refractivity contribution in [1.82, 2.24) is 20.2 Å². The SMILES string of the molecule is O=C(NC1CCCCC1)c1cc(CN2CCC(c3ccncc3)CC2)c2cccc(F)c2n1. The summed E-state index contributed by atoms with van der Waals surface area (Å²) in [6.07, 6.45) is 11.4. The van der Waals surface area contributed by atoms with E-state index in [1.165, 1.54) is 18.1 Å². The molecule has 2 aromatic heterocycles. The maximum atomic E-state index is 14.7. The first-order valence-electron chi connectivity index (χ1n) is 12.2. The summed E-state index contributed by atoms with van der Waals surface area (Å²) < 4.78 is 14.7. The van der Waals surface area contributed by atoms with Crippen LogP contribution in [0, 0.1) is 5.82 Å². The lowest BCUT2D eigenvalue weighted by molar-refractivity contribution is 0.0922. The molecule has 0 atom stereocenters. The summed E-state index contributed by atoms with van der Waals surface area (Å²) in [5, 5.41) is 3.92. The average molecular weight is 447 g/mol. The first-order chi connectivity index (χ1) is 16.2. The van der Waals surface area contributed by atoms with Gasteiger partial charge in [-0.15, -0.1) is 0 Å². The van der Waals surface area contributed by atoms with E-state index < -0.39 is 0 Å². The van der Waals surface area contributed by atoms with Crippen LogP contribution in [0.5, 0.6) is 0 Å². The van der Waals surface area contributed by atoms with E-state index in [9.17, 15) is 9.18 Å². The normalized spacial score (nSPS) is 18.5. The zero-order valence-electron chi connectivity index (χ0n) is 19.0. The monoisotopic (exact) mass is 446 g/mol.